The molecule has 40 heavy (non-hydrogen) atoms. The highest BCUT2D eigenvalue weighted by molar-refractivity contribution is 5.80. The Bertz CT molecular complexity index is 1320. The molecule has 5 nitrogen and oxygen atoms in total. The van der Waals surface area contributed by atoms with Crippen LogP contribution in [0.4, 0.5) is 4.79 Å². The number of fused-ring (bicyclic) bond motifs is 5. The van der Waals surface area contributed by atoms with Gasteiger partial charge in [-0.15, -0.1) is 0 Å². The van der Waals surface area contributed by atoms with E-state index < -0.39 is 6.16 Å². The van der Waals surface area contributed by atoms with Crippen molar-refractivity contribution in [3.05, 3.63) is 95.3 Å². The maximum atomic E-state index is 14.1. The number of hydrogen-bond acceptors (Lipinski definition) is 3. The lowest BCUT2D eigenvalue weighted by Crippen LogP contribution is -2.51. The Morgan fingerprint density at radius 1 is 0.975 bits per heavy atom. The van der Waals surface area contributed by atoms with Crippen LogP contribution in [-0.4, -0.2) is 17.2 Å². The van der Waals surface area contributed by atoms with Crippen molar-refractivity contribution in [3.8, 4) is 0 Å². The van der Waals surface area contributed by atoms with Gasteiger partial charge in [-0.1, -0.05) is 80.6 Å². The second-order valence-corrected chi connectivity index (χ2v) is 13.0. The molecule has 2 N–H and O–H groups in total. The van der Waals surface area contributed by atoms with Crippen LogP contribution in [0.3, 0.4) is 0 Å². The van der Waals surface area contributed by atoms with Crippen molar-refractivity contribution in [3.63, 3.8) is 0 Å². The quantitative estimate of drug-likeness (QED) is 0.367. The summed E-state index contributed by atoms with van der Waals surface area (Å²) in [5.41, 5.74) is 3.67. The number of nitrogens with one attached hydrogen (secondary N) is 1. The summed E-state index contributed by atoms with van der Waals surface area (Å²) >= 11 is 0. The van der Waals surface area contributed by atoms with Crippen LogP contribution >= 0.6 is 0 Å². The first kappa shape index (κ1) is 26.9. The van der Waals surface area contributed by atoms with Gasteiger partial charge in [0.25, 0.3) is 0 Å². The Balaban J connectivity index is 1.21. The first-order valence-corrected chi connectivity index (χ1v) is 15.0. The molecule has 2 unspecified atom stereocenters. The first-order chi connectivity index (χ1) is 19.3. The number of hydrogen-bond donors (Lipinski definition) is 2. The lowest BCUT2D eigenvalue weighted by molar-refractivity contribution is -0.132. The first-order valence-electron chi connectivity index (χ1n) is 15.0. The van der Waals surface area contributed by atoms with Gasteiger partial charge in [-0.3, -0.25) is 4.79 Å². The number of carboxylic acid groups (broad SMARTS) is 1. The Morgan fingerprint density at radius 2 is 1.70 bits per heavy atom. The van der Waals surface area contributed by atoms with E-state index in [1.54, 1.807) is 0 Å². The Kier molecular flexibility index (Phi) is 7.10. The molecule has 0 saturated heterocycles. The van der Waals surface area contributed by atoms with Crippen LogP contribution in [0.25, 0.3) is 0 Å². The van der Waals surface area contributed by atoms with Gasteiger partial charge in [0.05, 0.1) is 6.04 Å². The standard InChI is InChI=1S/C35H41NO4/c1-34-19-17-26(40-33(38)39)22-25(34)13-14-27-28-15-16-30(35(28,2)20-18-29(27)34)32(37)36-31(24-11-7-4-8-12-24)21-23-9-5-3-6-10-23/h3-13,22,27-31H,14-21H2,1-2H3,(H,36,37)(H,38,39)/t27-,28-,29-,30?,31?,34-,35-/m0/s1. The molecule has 2 aromatic carbocycles. The van der Waals surface area contributed by atoms with Crippen molar-refractivity contribution in [1.82, 2.24) is 5.32 Å². The Morgan fingerprint density at radius 3 is 2.42 bits per heavy atom. The number of benzene rings is 2. The van der Waals surface area contributed by atoms with E-state index in [9.17, 15) is 9.59 Å². The van der Waals surface area contributed by atoms with E-state index in [1.807, 2.05) is 18.2 Å². The number of carbonyl (C=O) groups excluding carboxylic acids is 1. The summed E-state index contributed by atoms with van der Waals surface area (Å²) in [7, 11) is 0. The molecule has 4 aliphatic carbocycles. The maximum Gasteiger partial charge on any atom is 0.511 e. The molecule has 6 rings (SSSR count). The van der Waals surface area contributed by atoms with Crippen molar-refractivity contribution < 1.29 is 19.4 Å². The molecular weight excluding hydrogens is 498 g/mol. The molecule has 0 aromatic heterocycles. The van der Waals surface area contributed by atoms with Crippen molar-refractivity contribution in [2.24, 2.45) is 34.5 Å². The molecule has 0 radical (unpaired) electrons. The smallest absolute Gasteiger partial charge is 0.449 e. The van der Waals surface area contributed by atoms with Crippen LogP contribution in [0.1, 0.15) is 76.0 Å². The number of ether oxygens (including phenoxy) is 1. The average molecular weight is 540 g/mol. The third-order valence-electron chi connectivity index (χ3n) is 11.1. The second kappa shape index (κ2) is 10.6. The van der Waals surface area contributed by atoms with Crippen molar-refractivity contribution in [1.29, 1.82) is 0 Å². The fourth-order valence-corrected chi connectivity index (χ4v) is 8.98. The van der Waals surface area contributed by atoms with Gasteiger partial charge in [0.1, 0.15) is 5.76 Å². The summed E-state index contributed by atoms with van der Waals surface area (Å²) in [5.74, 6) is 2.46. The third-order valence-corrected chi connectivity index (χ3v) is 11.1. The molecule has 7 atom stereocenters. The zero-order valence-corrected chi connectivity index (χ0v) is 23.6. The normalized spacial score (nSPS) is 33.4. The zero-order valence-electron chi connectivity index (χ0n) is 23.6. The van der Waals surface area contributed by atoms with E-state index in [1.165, 1.54) is 11.1 Å². The van der Waals surface area contributed by atoms with Crippen molar-refractivity contribution in [2.45, 2.75) is 71.3 Å². The molecule has 0 heterocycles. The molecule has 2 aromatic rings. The van der Waals surface area contributed by atoms with Gasteiger partial charge in [-0.25, -0.2) is 4.79 Å². The molecular formula is C35H41NO4. The molecule has 4 aliphatic rings. The van der Waals surface area contributed by atoms with Crippen molar-refractivity contribution >= 4 is 12.1 Å². The van der Waals surface area contributed by atoms with E-state index >= 15 is 0 Å². The molecule has 2 fully saturated rings. The average Bonchev–Trinajstić information content (AvgIpc) is 3.31. The fraction of sp³-hybridized carbons (Fsp3) is 0.486. The molecule has 2 saturated carbocycles. The number of carbonyl (C=O) groups is 2. The van der Waals surface area contributed by atoms with Gasteiger partial charge in [-0.05, 0) is 96.3 Å². The van der Waals surface area contributed by atoms with Gasteiger partial charge >= 0.3 is 6.16 Å². The fourth-order valence-electron chi connectivity index (χ4n) is 8.98. The predicted octanol–water partition coefficient (Wildman–Crippen LogP) is 7.85. The van der Waals surface area contributed by atoms with Crippen LogP contribution in [0.5, 0.6) is 0 Å². The molecule has 0 bridgehead atoms. The van der Waals surface area contributed by atoms with E-state index in [4.69, 9.17) is 9.84 Å². The second-order valence-electron chi connectivity index (χ2n) is 13.0. The van der Waals surface area contributed by atoms with Crippen LogP contribution in [0, 0.1) is 34.5 Å². The van der Waals surface area contributed by atoms with Gasteiger partial charge in [0.15, 0.2) is 0 Å². The largest absolute Gasteiger partial charge is 0.511 e. The number of rotatable bonds is 6. The molecule has 1 amide bonds. The zero-order chi connectivity index (χ0) is 27.9. The van der Waals surface area contributed by atoms with Gasteiger partial charge in [0, 0.05) is 12.3 Å². The summed E-state index contributed by atoms with van der Waals surface area (Å²) in [6.45, 7) is 4.76. The summed E-state index contributed by atoms with van der Waals surface area (Å²) in [6, 6.07) is 20.8. The summed E-state index contributed by atoms with van der Waals surface area (Å²) < 4.78 is 5.04. The van der Waals surface area contributed by atoms with Crippen LogP contribution in [-0.2, 0) is 16.0 Å². The minimum atomic E-state index is -1.23. The Labute approximate surface area is 237 Å². The van der Waals surface area contributed by atoms with E-state index in [2.05, 4.69) is 73.8 Å². The number of amides is 1. The van der Waals surface area contributed by atoms with E-state index in [-0.39, 0.29) is 28.7 Å². The summed E-state index contributed by atoms with van der Waals surface area (Å²) in [5, 5.41) is 12.6. The van der Waals surface area contributed by atoms with Crippen molar-refractivity contribution in [2.75, 3.05) is 0 Å². The highest BCUT2D eigenvalue weighted by atomic mass is 16.7. The van der Waals surface area contributed by atoms with Gasteiger partial charge in [0.2, 0.25) is 5.91 Å². The van der Waals surface area contributed by atoms with Gasteiger partial charge in [-0.2, -0.15) is 0 Å². The van der Waals surface area contributed by atoms with E-state index in [0.29, 0.717) is 29.9 Å². The molecule has 0 aliphatic heterocycles. The highest BCUT2D eigenvalue weighted by Crippen LogP contribution is 2.66. The van der Waals surface area contributed by atoms with Crippen LogP contribution in [0.2, 0.25) is 0 Å². The monoisotopic (exact) mass is 539 g/mol. The maximum absolute atomic E-state index is 14.1. The van der Waals surface area contributed by atoms with Crippen LogP contribution < -0.4 is 5.32 Å². The lowest BCUT2D eigenvalue weighted by atomic mass is 9.48. The number of allylic oxidation sites excluding steroid dienone is 4. The summed E-state index contributed by atoms with van der Waals surface area (Å²) in [4.78, 5) is 25.2. The topological polar surface area (TPSA) is 75.6 Å². The SMILES string of the molecule is C[C@]12CCC(OC(=O)O)=CC1=CC[C@@H]1[C@@H]2CC[C@]2(C)C(C(=O)NC(Cc3ccccc3)c3ccccc3)CC[C@@H]12. The summed E-state index contributed by atoms with van der Waals surface area (Å²) in [6.07, 6.45) is 10.7. The van der Waals surface area contributed by atoms with Gasteiger partial charge < -0.3 is 15.2 Å². The van der Waals surface area contributed by atoms with E-state index in [0.717, 1.165) is 50.5 Å². The third kappa shape index (κ3) is 4.78. The Hall–Kier alpha value is -3.34. The molecule has 5 heteroatoms. The molecule has 0 spiro atoms. The molecule has 210 valence electrons. The minimum absolute atomic E-state index is 0.00300. The lowest BCUT2D eigenvalue weighted by Gasteiger charge is -2.56. The minimum Gasteiger partial charge on any atom is -0.449 e. The predicted molar refractivity (Wildman–Crippen MR) is 155 cm³/mol. The highest BCUT2D eigenvalue weighted by Gasteiger charge is 2.59. The van der Waals surface area contributed by atoms with Crippen LogP contribution in [0.15, 0.2) is 84.1 Å².